The maximum atomic E-state index is 12.1. The summed E-state index contributed by atoms with van der Waals surface area (Å²) < 4.78 is 41.3. The molecule has 2 rings (SSSR count). The summed E-state index contributed by atoms with van der Waals surface area (Å²) in [7, 11) is 0. The molecule has 0 saturated heterocycles. The summed E-state index contributed by atoms with van der Waals surface area (Å²) in [6, 6.07) is 8.01. The monoisotopic (exact) mass is 325 g/mol. The molecule has 1 amide bonds. The minimum absolute atomic E-state index is 0.0860. The van der Waals surface area contributed by atoms with Crippen molar-refractivity contribution in [2.75, 3.05) is 5.32 Å². The predicted octanol–water partition coefficient (Wildman–Crippen LogP) is 3.24. The average molecular weight is 325 g/mol. The number of hydrogen-bond acceptors (Lipinski definition) is 4. The number of carbonyl (C=O) groups excluding carboxylic acids is 3. The lowest BCUT2D eigenvalue weighted by Gasteiger charge is -2.05. The average Bonchev–Trinajstić information content (AvgIpc) is 2.99. The van der Waals surface area contributed by atoms with Crippen molar-refractivity contribution in [2.45, 2.75) is 12.6 Å². The van der Waals surface area contributed by atoms with Crippen LogP contribution in [0.25, 0.3) is 0 Å². The van der Waals surface area contributed by atoms with Crippen molar-refractivity contribution in [1.29, 1.82) is 0 Å². The molecule has 1 N–H and O–H groups in total. The first-order valence-corrected chi connectivity index (χ1v) is 6.35. The Morgan fingerprint density at radius 2 is 1.61 bits per heavy atom. The van der Waals surface area contributed by atoms with Gasteiger partial charge in [0.25, 0.3) is 5.91 Å². The number of hydrogen-bond donors (Lipinski definition) is 1. The number of benzene rings is 1. The van der Waals surface area contributed by atoms with Crippen LogP contribution >= 0.6 is 0 Å². The summed E-state index contributed by atoms with van der Waals surface area (Å²) >= 11 is 0. The zero-order valence-electron chi connectivity index (χ0n) is 11.5. The Morgan fingerprint density at radius 3 is 2.13 bits per heavy atom. The van der Waals surface area contributed by atoms with Crippen molar-refractivity contribution < 1.29 is 32.0 Å². The molecule has 0 fully saturated rings. The molecule has 1 aromatic carbocycles. The maximum absolute atomic E-state index is 12.1. The largest absolute Gasteiger partial charge is 0.450 e. The first-order valence-electron chi connectivity index (χ1n) is 6.35. The smallest absolute Gasteiger partial charge is 0.449 e. The van der Waals surface area contributed by atoms with Crippen LogP contribution in [0.5, 0.6) is 0 Å². The van der Waals surface area contributed by atoms with E-state index in [0.29, 0.717) is 0 Å². The van der Waals surface area contributed by atoms with Gasteiger partial charge in [-0.15, -0.1) is 0 Å². The van der Waals surface area contributed by atoms with Crippen molar-refractivity contribution in [3.8, 4) is 0 Å². The van der Waals surface area contributed by atoms with Crippen molar-refractivity contribution in [1.82, 2.24) is 0 Å². The number of Topliss-reactive ketones (excluding diaryl/α,β-unsaturated/α-hetero) is 2. The fraction of sp³-hybridized carbons (Fsp3) is 0.133. The molecular weight excluding hydrogens is 315 g/mol. The van der Waals surface area contributed by atoms with Crippen LogP contribution in [0.3, 0.4) is 0 Å². The highest BCUT2D eigenvalue weighted by atomic mass is 19.4. The van der Waals surface area contributed by atoms with E-state index in [1.54, 1.807) is 6.07 Å². The molecule has 5 nitrogen and oxygen atoms in total. The molecule has 1 heterocycles. The summed E-state index contributed by atoms with van der Waals surface area (Å²) in [6.07, 6.45) is -4.94. The number of furan rings is 1. The van der Waals surface area contributed by atoms with Crippen LogP contribution in [-0.4, -0.2) is 23.6 Å². The van der Waals surface area contributed by atoms with Gasteiger partial charge in [-0.25, -0.2) is 0 Å². The van der Waals surface area contributed by atoms with Gasteiger partial charge in [0.15, 0.2) is 11.7 Å². The molecule has 0 aliphatic carbocycles. The molecule has 120 valence electrons. The Labute approximate surface area is 128 Å². The Morgan fingerprint density at radius 1 is 1.00 bits per heavy atom. The van der Waals surface area contributed by atoms with Crippen LogP contribution in [0.4, 0.5) is 19.1 Å². The Balaban J connectivity index is 2.03. The molecular formula is C15H10F3NO4. The van der Waals surface area contributed by atoms with E-state index in [1.165, 1.54) is 36.6 Å². The SMILES string of the molecule is O=C(CC(=O)C(F)(F)F)c1ccc(C(=O)Nc2ccco2)cc1. The van der Waals surface area contributed by atoms with Crippen LogP contribution in [0, 0.1) is 0 Å². The molecule has 0 spiro atoms. The Bertz CT molecular complexity index is 718. The molecule has 0 radical (unpaired) electrons. The van der Waals surface area contributed by atoms with Gasteiger partial charge in [-0.05, 0) is 18.2 Å². The second-order valence-electron chi connectivity index (χ2n) is 4.53. The zero-order valence-corrected chi connectivity index (χ0v) is 11.5. The van der Waals surface area contributed by atoms with Gasteiger partial charge in [-0.2, -0.15) is 13.2 Å². The van der Waals surface area contributed by atoms with E-state index in [0.717, 1.165) is 0 Å². The highest BCUT2D eigenvalue weighted by molar-refractivity contribution is 6.10. The fourth-order valence-corrected chi connectivity index (χ4v) is 1.69. The topological polar surface area (TPSA) is 76.4 Å². The molecule has 0 saturated carbocycles. The van der Waals surface area contributed by atoms with Crippen molar-refractivity contribution >= 4 is 23.4 Å². The molecule has 0 aliphatic rings. The lowest BCUT2D eigenvalue weighted by Crippen LogP contribution is -2.25. The summed E-state index contributed by atoms with van der Waals surface area (Å²) in [5.41, 5.74) is 0.0947. The maximum Gasteiger partial charge on any atom is 0.450 e. The number of carbonyl (C=O) groups is 3. The molecule has 8 heteroatoms. The van der Waals surface area contributed by atoms with Crippen LogP contribution in [0.1, 0.15) is 27.1 Å². The number of amides is 1. The molecule has 2 aromatic rings. The summed E-state index contributed by atoms with van der Waals surface area (Å²) in [4.78, 5) is 34.2. The second-order valence-corrected chi connectivity index (χ2v) is 4.53. The van der Waals surface area contributed by atoms with Gasteiger partial charge in [0.2, 0.25) is 5.78 Å². The van der Waals surface area contributed by atoms with Gasteiger partial charge in [0, 0.05) is 17.2 Å². The molecule has 0 bridgehead atoms. The third-order valence-corrected chi connectivity index (χ3v) is 2.86. The Hall–Kier alpha value is -2.90. The minimum atomic E-state index is -5.04. The standard InChI is InChI=1S/C15H10F3NO4/c16-15(17,18)12(21)8-11(20)9-3-5-10(6-4-9)14(22)19-13-2-1-7-23-13/h1-7H,8H2,(H,19,22). The first kappa shape index (κ1) is 16.5. The normalized spacial score (nSPS) is 11.1. The van der Waals surface area contributed by atoms with Gasteiger partial charge in [-0.3, -0.25) is 19.7 Å². The Kier molecular flexibility index (Phi) is 4.63. The third-order valence-electron chi connectivity index (χ3n) is 2.86. The highest BCUT2D eigenvalue weighted by Crippen LogP contribution is 2.19. The molecule has 23 heavy (non-hydrogen) atoms. The van der Waals surface area contributed by atoms with E-state index >= 15 is 0 Å². The van der Waals surface area contributed by atoms with Crippen LogP contribution < -0.4 is 5.32 Å². The fourth-order valence-electron chi connectivity index (χ4n) is 1.69. The van der Waals surface area contributed by atoms with E-state index in [2.05, 4.69) is 5.32 Å². The highest BCUT2D eigenvalue weighted by Gasteiger charge is 2.39. The summed E-state index contributed by atoms with van der Waals surface area (Å²) in [5.74, 6) is -3.36. The van der Waals surface area contributed by atoms with Gasteiger partial charge in [0.1, 0.15) is 0 Å². The van der Waals surface area contributed by atoms with Crippen LogP contribution in [0.2, 0.25) is 0 Å². The first-order chi connectivity index (χ1) is 10.8. The number of ketones is 2. The van der Waals surface area contributed by atoms with Gasteiger partial charge >= 0.3 is 6.18 Å². The third kappa shape index (κ3) is 4.29. The van der Waals surface area contributed by atoms with Crippen LogP contribution in [0.15, 0.2) is 47.1 Å². The quantitative estimate of drug-likeness (QED) is 0.676. The number of halogens is 3. The predicted molar refractivity (Wildman–Crippen MR) is 73.1 cm³/mol. The lowest BCUT2D eigenvalue weighted by molar-refractivity contribution is -0.170. The van der Waals surface area contributed by atoms with Crippen molar-refractivity contribution in [2.24, 2.45) is 0 Å². The number of alkyl halides is 3. The second kappa shape index (κ2) is 6.47. The van der Waals surface area contributed by atoms with Crippen molar-refractivity contribution in [3.05, 3.63) is 53.8 Å². The van der Waals surface area contributed by atoms with Gasteiger partial charge < -0.3 is 4.42 Å². The summed E-state index contributed by atoms with van der Waals surface area (Å²) in [6.45, 7) is 0. The summed E-state index contributed by atoms with van der Waals surface area (Å²) in [5, 5.41) is 2.45. The molecule has 0 aliphatic heterocycles. The van der Waals surface area contributed by atoms with Gasteiger partial charge in [-0.1, -0.05) is 12.1 Å². The van der Waals surface area contributed by atoms with E-state index in [-0.39, 0.29) is 17.0 Å². The number of anilines is 1. The molecule has 0 atom stereocenters. The minimum Gasteiger partial charge on any atom is -0.449 e. The van der Waals surface area contributed by atoms with E-state index in [4.69, 9.17) is 4.42 Å². The molecule has 0 unspecified atom stereocenters. The molecule has 1 aromatic heterocycles. The van der Waals surface area contributed by atoms with Crippen LogP contribution in [-0.2, 0) is 4.79 Å². The van der Waals surface area contributed by atoms with Crippen molar-refractivity contribution in [3.63, 3.8) is 0 Å². The lowest BCUT2D eigenvalue weighted by atomic mass is 10.0. The number of nitrogens with one attached hydrogen (secondary N) is 1. The zero-order chi connectivity index (χ0) is 17.0. The van der Waals surface area contributed by atoms with Gasteiger partial charge in [0.05, 0.1) is 12.7 Å². The van der Waals surface area contributed by atoms with E-state index in [1.807, 2.05) is 0 Å². The number of rotatable bonds is 5. The van der Waals surface area contributed by atoms with E-state index in [9.17, 15) is 27.6 Å². The van der Waals surface area contributed by atoms with E-state index < -0.39 is 30.1 Å².